The second-order valence-corrected chi connectivity index (χ2v) is 6.00. The van der Waals surface area contributed by atoms with Crippen LogP contribution in [0.4, 0.5) is 0 Å². The van der Waals surface area contributed by atoms with Crippen LogP contribution in [0.25, 0.3) is 0 Å². The maximum Gasteiger partial charge on any atom is 0.302 e. The zero-order valence-corrected chi connectivity index (χ0v) is 13.7. The molecule has 1 saturated carbocycles. The maximum absolute atomic E-state index is 10.9. The Morgan fingerprint density at radius 2 is 2.22 bits per heavy atom. The summed E-state index contributed by atoms with van der Waals surface area (Å²) in [4.78, 5) is 10.9. The normalized spacial score (nSPS) is 23.7. The minimum absolute atomic E-state index is 0.104. The Morgan fingerprint density at radius 1 is 1.43 bits per heavy atom. The lowest BCUT2D eigenvalue weighted by Gasteiger charge is -2.31. The number of benzene rings is 1. The number of carbonyl (C=O) groups excluding carboxylic acids is 1. The van der Waals surface area contributed by atoms with Gasteiger partial charge in [-0.15, -0.1) is 12.3 Å². The van der Waals surface area contributed by atoms with Crippen molar-refractivity contribution in [2.24, 2.45) is 5.41 Å². The smallest absolute Gasteiger partial charge is 0.302 e. The van der Waals surface area contributed by atoms with E-state index in [1.165, 1.54) is 6.92 Å². The van der Waals surface area contributed by atoms with Crippen molar-refractivity contribution in [2.45, 2.75) is 45.3 Å². The zero-order valence-electron chi connectivity index (χ0n) is 13.7. The van der Waals surface area contributed by atoms with Crippen LogP contribution < -0.4 is 0 Å². The minimum Gasteiger partial charge on any atom is -0.462 e. The van der Waals surface area contributed by atoms with E-state index in [-0.39, 0.29) is 24.1 Å². The standard InChI is InChI=1S/C20H24O3/c1-3-12-20(14-8-15-22-17(2)21)13-7-11-19(20)23-16-18-9-5-4-6-10-18/h1,4-6,8-10,14,19H,7,11-13,15-16H2,2H3/b14-8+/t19-,20-/m0/s1. The third-order valence-corrected chi connectivity index (χ3v) is 4.31. The van der Waals surface area contributed by atoms with Crippen molar-refractivity contribution in [3.8, 4) is 12.3 Å². The van der Waals surface area contributed by atoms with Gasteiger partial charge >= 0.3 is 5.97 Å². The Kier molecular flexibility index (Phi) is 6.43. The summed E-state index contributed by atoms with van der Waals surface area (Å²) in [5, 5.41) is 0. The Hall–Kier alpha value is -2.05. The molecule has 23 heavy (non-hydrogen) atoms. The summed E-state index contributed by atoms with van der Waals surface area (Å²) >= 11 is 0. The van der Waals surface area contributed by atoms with Gasteiger partial charge < -0.3 is 9.47 Å². The van der Waals surface area contributed by atoms with Crippen molar-refractivity contribution in [3.05, 3.63) is 48.0 Å². The Morgan fingerprint density at radius 3 is 2.91 bits per heavy atom. The summed E-state index contributed by atoms with van der Waals surface area (Å²) < 4.78 is 11.2. The molecule has 0 saturated heterocycles. The molecule has 122 valence electrons. The number of terminal acetylenes is 1. The predicted molar refractivity (Wildman–Crippen MR) is 90.5 cm³/mol. The average Bonchev–Trinajstić information content (AvgIpc) is 2.94. The van der Waals surface area contributed by atoms with Gasteiger partial charge in [0, 0.05) is 18.8 Å². The fourth-order valence-corrected chi connectivity index (χ4v) is 3.18. The molecule has 0 aromatic heterocycles. The number of hydrogen-bond acceptors (Lipinski definition) is 3. The Labute approximate surface area is 138 Å². The molecule has 0 heterocycles. The molecule has 0 N–H and O–H groups in total. The molecule has 1 aliphatic rings. The number of rotatable bonds is 7. The van der Waals surface area contributed by atoms with Gasteiger partial charge in [-0.3, -0.25) is 4.79 Å². The van der Waals surface area contributed by atoms with Crippen LogP contribution >= 0.6 is 0 Å². The highest BCUT2D eigenvalue weighted by molar-refractivity contribution is 5.66. The molecule has 3 heteroatoms. The summed E-state index contributed by atoms with van der Waals surface area (Å²) in [5.74, 6) is 2.52. The van der Waals surface area contributed by atoms with Crippen LogP contribution in [0.15, 0.2) is 42.5 Å². The van der Waals surface area contributed by atoms with Crippen molar-refractivity contribution in [3.63, 3.8) is 0 Å². The molecule has 0 radical (unpaired) electrons. The SMILES string of the molecule is C#CC[C@@]1(/C=C/COC(C)=O)CCC[C@@H]1OCc1ccccc1. The van der Waals surface area contributed by atoms with Crippen LogP contribution in [0.2, 0.25) is 0 Å². The van der Waals surface area contributed by atoms with E-state index in [0.29, 0.717) is 13.0 Å². The third kappa shape index (κ3) is 4.97. The van der Waals surface area contributed by atoms with Gasteiger partial charge in [-0.2, -0.15) is 0 Å². The van der Waals surface area contributed by atoms with Crippen LogP contribution in [0, 0.1) is 17.8 Å². The van der Waals surface area contributed by atoms with Crippen molar-refractivity contribution in [1.29, 1.82) is 0 Å². The molecular formula is C20H24O3. The predicted octanol–water partition coefficient (Wildman–Crippen LogP) is 3.88. The molecule has 0 bridgehead atoms. The molecule has 2 rings (SSSR count). The number of hydrogen-bond donors (Lipinski definition) is 0. The number of ether oxygens (including phenoxy) is 2. The van der Waals surface area contributed by atoms with Gasteiger partial charge in [0.15, 0.2) is 0 Å². The first-order chi connectivity index (χ1) is 11.2. The molecule has 1 fully saturated rings. The van der Waals surface area contributed by atoms with Crippen molar-refractivity contribution in [2.75, 3.05) is 6.61 Å². The summed E-state index contributed by atoms with van der Waals surface area (Å²) in [7, 11) is 0. The average molecular weight is 312 g/mol. The lowest BCUT2D eigenvalue weighted by atomic mass is 9.80. The molecule has 3 nitrogen and oxygen atoms in total. The number of esters is 1. The largest absolute Gasteiger partial charge is 0.462 e. The molecule has 0 spiro atoms. The monoisotopic (exact) mass is 312 g/mol. The first kappa shape index (κ1) is 17.3. The lowest BCUT2D eigenvalue weighted by molar-refractivity contribution is -0.139. The Balaban J connectivity index is 2.01. The third-order valence-electron chi connectivity index (χ3n) is 4.31. The van der Waals surface area contributed by atoms with Gasteiger partial charge in [0.1, 0.15) is 6.61 Å². The highest BCUT2D eigenvalue weighted by Gasteiger charge is 2.41. The second kappa shape index (κ2) is 8.55. The van der Waals surface area contributed by atoms with E-state index in [1.807, 2.05) is 24.3 Å². The van der Waals surface area contributed by atoms with Gasteiger partial charge in [0.05, 0.1) is 12.7 Å². The van der Waals surface area contributed by atoms with Crippen LogP contribution in [0.5, 0.6) is 0 Å². The van der Waals surface area contributed by atoms with E-state index in [0.717, 1.165) is 24.8 Å². The van der Waals surface area contributed by atoms with Crippen LogP contribution in [-0.4, -0.2) is 18.7 Å². The summed E-state index contributed by atoms with van der Waals surface area (Å²) in [6, 6.07) is 10.2. The first-order valence-electron chi connectivity index (χ1n) is 8.06. The summed E-state index contributed by atoms with van der Waals surface area (Å²) in [5.41, 5.74) is 1.02. The maximum atomic E-state index is 10.9. The first-order valence-corrected chi connectivity index (χ1v) is 8.06. The van der Waals surface area contributed by atoms with Crippen molar-refractivity contribution >= 4 is 5.97 Å². The Bertz CT molecular complexity index is 570. The van der Waals surface area contributed by atoms with Gasteiger partial charge in [-0.25, -0.2) is 0 Å². The second-order valence-electron chi connectivity index (χ2n) is 6.00. The number of carbonyl (C=O) groups is 1. The lowest BCUT2D eigenvalue weighted by Crippen LogP contribution is -2.30. The van der Waals surface area contributed by atoms with E-state index in [9.17, 15) is 4.79 Å². The zero-order chi connectivity index (χ0) is 16.5. The summed E-state index contributed by atoms with van der Waals surface area (Å²) in [6.07, 6.45) is 13.4. The van der Waals surface area contributed by atoms with Gasteiger partial charge in [0.2, 0.25) is 0 Å². The van der Waals surface area contributed by atoms with E-state index in [4.69, 9.17) is 15.9 Å². The van der Waals surface area contributed by atoms with Crippen molar-refractivity contribution < 1.29 is 14.3 Å². The van der Waals surface area contributed by atoms with Gasteiger partial charge in [-0.1, -0.05) is 42.5 Å². The van der Waals surface area contributed by atoms with Gasteiger partial charge in [-0.05, 0) is 24.8 Å². The van der Waals surface area contributed by atoms with Crippen LogP contribution in [0.1, 0.15) is 38.2 Å². The van der Waals surface area contributed by atoms with Gasteiger partial charge in [0.25, 0.3) is 0 Å². The van der Waals surface area contributed by atoms with E-state index in [1.54, 1.807) is 0 Å². The topological polar surface area (TPSA) is 35.5 Å². The van der Waals surface area contributed by atoms with Crippen LogP contribution in [0.3, 0.4) is 0 Å². The molecule has 2 atom stereocenters. The minimum atomic E-state index is -0.274. The highest BCUT2D eigenvalue weighted by Crippen LogP contribution is 2.44. The molecule has 1 aromatic rings. The fourth-order valence-electron chi connectivity index (χ4n) is 3.18. The highest BCUT2D eigenvalue weighted by atomic mass is 16.5. The quantitative estimate of drug-likeness (QED) is 0.435. The molecule has 0 amide bonds. The van der Waals surface area contributed by atoms with E-state index < -0.39 is 0 Å². The van der Waals surface area contributed by atoms with E-state index >= 15 is 0 Å². The summed E-state index contributed by atoms with van der Waals surface area (Å²) in [6.45, 7) is 2.29. The molecule has 0 unspecified atom stereocenters. The molecule has 1 aliphatic carbocycles. The fraction of sp³-hybridized carbons (Fsp3) is 0.450. The molecule has 1 aromatic carbocycles. The molecular weight excluding hydrogens is 288 g/mol. The van der Waals surface area contributed by atoms with E-state index in [2.05, 4.69) is 24.1 Å². The molecule has 0 aliphatic heterocycles. The van der Waals surface area contributed by atoms with Crippen molar-refractivity contribution in [1.82, 2.24) is 0 Å². The van der Waals surface area contributed by atoms with Crippen LogP contribution in [-0.2, 0) is 20.9 Å².